The highest BCUT2D eigenvalue weighted by Crippen LogP contribution is 2.31. The van der Waals surface area contributed by atoms with Crippen molar-refractivity contribution < 1.29 is 4.74 Å². The maximum absolute atomic E-state index is 6.17. The normalized spacial score (nSPS) is 21.1. The summed E-state index contributed by atoms with van der Waals surface area (Å²) in [5.41, 5.74) is 1.04. The first-order valence-electron chi connectivity index (χ1n) is 9.09. The summed E-state index contributed by atoms with van der Waals surface area (Å²) in [6.07, 6.45) is 5.39. The van der Waals surface area contributed by atoms with Gasteiger partial charge in [-0.2, -0.15) is 0 Å². The van der Waals surface area contributed by atoms with Crippen LogP contribution in [0.5, 0.6) is 0 Å². The Morgan fingerprint density at radius 3 is 2.42 bits per heavy atom. The topological polar surface area (TPSA) is 41.5 Å². The van der Waals surface area contributed by atoms with Crippen LogP contribution < -0.4 is 9.80 Å². The molecule has 5 nitrogen and oxygen atoms in total. The predicted molar refractivity (Wildman–Crippen MR) is 105 cm³/mol. The van der Waals surface area contributed by atoms with Crippen LogP contribution in [0.15, 0.2) is 30.6 Å². The fourth-order valence-corrected chi connectivity index (χ4v) is 3.88. The van der Waals surface area contributed by atoms with Crippen molar-refractivity contribution in [3.05, 3.63) is 46.2 Å². The molecule has 2 saturated heterocycles. The highest BCUT2D eigenvalue weighted by molar-refractivity contribution is 6.42. The van der Waals surface area contributed by atoms with E-state index in [1.807, 2.05) is 18.2 Å². The maximum Gasteiger partial charge on any atom is 0.134 e. The molecule has 3 heterocycles. The molecular formula is C19H22Cl2N4O. The van der Waals surface area contributed by atoms with Crippen molar-refractivity contribution in [2.24, 2.45) is 0 Å². The monoisotopic (exact) mass is 392 g/mol. The quantitative estimate of drug-likeness (QED) is 0.776. The maximum atomic E-state index is 6.17. The molecule has 0 aliphatic carbocycles. The van der Waals surface area contributed by atoms with E-state index >= 15 is 0 Å². The Bertz CT molecular complexity index is 767. The van der Waals surface area contributed by atoms with Gasteiger partial charge in [0.15, 0.2) is 0 Å². The molecule has 0 saturated carbocycles. The summed E-state index contributed by atoms with van der Waals surface area (Å²) in [4.78, 5) is 13.6. The summed E-state index contributed by atoms with van der Waals surface area (Å²) in [5, 5.41) is 1.12. The number of nitrogens with zero attached hydrogens (tertiary/aromatic N) is 4. The Morgan fingerprint density at radius 2 is 1.65 bits per heavy atom. The van der Waals surface area contributed by atoms with Gasteiger partial charge in [-0.05, 0) is 37.0 Å². The third-order valence-electron chi connectivity index (χ3n) is 5.02. The van der Waals surface area contributed by atoms with Gasteiger partial charge in [0.2, 0.25) is 0 Å². The van der Waals surface area contributed by atoms with E-state index in [0.717, 1.165) is 43.4 Å². The van der Waals surface area contributed by atoms with Crippen molar-refractivity contribution in [2.75, 3.05) is 42.6 Å². The van der Waals surface area contributed by atoms with Crippen LogP contribution in [-0.2, 0) is 4.74 Å². The zero-order chi connectivity index (χ0) is 17.9. The van der Waals surface area contributed by atoms with Gasteiger partial charge in [-0.25, -0.2) is 9.97 Å². The van der Waals surface area contributed by atoms with Crippen molar-refractivity contribution in [3.63, 3.8) is 0 Å². The molecule has 26 heavy (non-hydrogen) atoms. The lowest BCUT2D eigenvalue weighted by molar-refractivity contribution is 0.0395. The van der Waals surface area contributed by atoms with Crippen LogP contribution in [0, 0.1) is 0 Å². The van der Waals surface area contributed by atoms with Gasteiger partial charge >= 0.3 is 0 Å². The smallest absolute Gasteiger partial charge is 0.134 e. The second-order valence-corrected chi connectivity index (χ2v) is 7.58. The Labute approximate surface area is 163 Å². The molecule has 0 radical (unpaired) electrons. The number of anilines is 2. The van der Waals surface area contributed by atoms with Crippen molar-refractivity contribution in [3.8, 4) is 0 Å². The first-order chi connectivity index (χ1) is 12.7. The number of rotatable bonds is 3. The standard InChI is InChI=1S/C19H22Cl2N4O/c20-15-5-4-14(10-16(15)21)17-12-25(8-9-26-17)19-11-18(22-13-23-19)24-6-2-1-3-7-24/h4-5,10-11,13,17H,1-3,6-9,12H2/t17-/m1/s1. The largest absolute Gasteiger partial charge is 0.370 e. The molecule has 0 spiro atoms. The molecule has 0 bridgehead atoms. The SMILES string of the molecule is Clc1ccc([C@H]2CN(c3cc(N4CCCCC4)ncn3)CCO2)cc1Cl. The van der Waals surface area contributed by atoms with Gasteiger partial charge in [-0.3, -0.25) is 0 Å². The summed E-state index contributed by atoms with van der Waals surface area (Å²) >= 11 is 12.2. The van der Waals surface area contributed by atoms with Gasteiger partial charge in [0, 0.05) is 32.2 Å². The summed E-state index contributed by atoms with van der Waals surface area (Å²) in [6, 6.07) is 7.78. The minimum absolute atomic E-state index is 0.0491. The molecule has 2 aliphatic rings. The lowest BCUT2D eigenvalue weighted by Crippen LogP contribution is -2.39. The lowest BCUT2D eigenvalue weighted by atomic mass is 10.1. The van der Waals surface area contributed by atoms with Crippen molar-refractivity contribution >= 4 is 34.8 Å². The second kappa shape index (κ2) is 7.99. The lowest BCUT2D eigenvalue weighted by Gasteiger charge is -2.35. The predicted octanol–water partition coefficient (Wildman–Crippen LogP) is 4.35. The molecule has 1 aromatic carbocycles. The Morgan fingerprint density at radius 1 is 0.885 bits per heavy atom. The van der Waals surface area contributed by atoms with Crippen LogP contribution in [0.4, 0.5) is 11.6 Å². The molecule has 2 aliphatic heterocycles. The number of piperidine rings is 1. The highest BCUT2D eigenvalue weighted by atomic mass is 35.5. The molecule has 138 valence electrons. The average molecular weight is 393 g/mol. The molecule has 0 amide bonds. The van der Waals surface area contributed by atoms with Gasteiger partial charge in [-0.15, -0.1) is 0 Å². The number of benzene rings is 1. The van der Waals surface area contributed by atoms with Crippen LogP contribution in [0.2, 0.25) is 10.0 Å². The Kier molecular flexibility index (Phi) is 5.48. The summed E-state index contributed by atoms with van der Waals surface area (Å²) in [6.45, 7) is 4.34. The fraction of sp³-hybridized carbons (Fsp3) is 0.474. The van der Waals surface area contributed by atoms with Crippen LogP contribution >= 0.6 is 23.2 Å². The van der Waals surface area contributed by atoms with Crippen LogP contribution in [-0.4, -0.2) is 42.8 Å². The summed E-state index contributed by atoms with van der Waals surface area (Å²) < 4.78 is 5.96. The third kappa shape index (κ3) is 3.90. The zero-order valence-electron chi connectivity index (χ0n) is 14.6. The molecule has 0 N–H and O–H groups in total. The minimum Gasteiger partial charge on any atom is -0.370 e. The zero-order valence-corrected chi connectivity index (χ0v) is 16.1. The van der Waals surface area contributed by atoms with Gasteiger partial charge in [0.05, 0.1) is 16.7 Å². The summed E-state index contributed by atoms with van der Waals surface area (Å²) in [5.74, 6) is 1.97. The first kappa shape index (κ1) is 17.8. The minimum atomic E-state index is -0.0491. The van der Waals surface area contributed by atoms with Gasteiger partial charge < -0.3 is 14.5 Å². The van der Waals surface area contributed by atoms with E-state index in [0.29, 0.717) is 16.7 Å². The van der Waals surface area contributed by atoms with E-state index < -0.39 is 0 Å². The number of ether oxygens (including phenoxy) is 1. The van der Waals surface area contributed by atoms with E-state index in [4.69, 9.17) is 27.9 Å². The van der Waals surface area contributed by atoms with Crippen LogP contribution in [0.25, 0.3) is 0 Å². The molecule has 1 atom stereocenters. The van der Waals surface area contributed by atoms with Gasteiger partial charge in [0.1, 0.15) is 24.1 Å². The molecule has 1 aromatic heterocycles. The van der Waals surface area contributed by atoms with Gasteiger partial charge in [-0.1, -0.05) is 29.3 Å². The summed E-state index contributed by atoms with van der Waals surface area (Å²) in [7, 11) is 0. The average Bonchev–Trinajstić information content (AvgIpc) is 2.71. The first-order valence-corrected chi connectivity index (χ1v) is 9.85. The van der Waals surface area contributed by atoms with E-state index in [-0.39, 0.29) is 6.10 Å². The van der Waals surface area contributed by atoms with Crippen LogP contribution in [0.3, 0.4) is 0 Å². The third-order valence-corrected chi connectivity index (χ3v) is 5.76. The van der Waals surface area contributed by atoms with Crippen LogP contribution in [0.1, 0.15) is 30.9 Å². The van der Waals surface area contributed by atoms with E-state index in [9.17, 15) is 0 Å². The number of aromatic nitrogens is 2. The molecule has 2 aromatic rings. The second-order valence-electron chi connectivity index (χ2n) is 6.76. The van der Waals surface area contributed by atoms with Crippen molar-refractivity contribution in [1.29, 1.82) is 0 Å². The van der Waals surface area contributed by atoms with E-state index in [1.165, 1.54) is 19.3 Å². The number of hydrogen-bond acceptors (Lipinski definition) is 5. The number of morpholine rings is 1. The Balaban J connectivity index is 1.51. The van der Waals surface area contributed by atoms with E-state index in [1.54, 1.807) is 6.33 Å². The number of halogens is 2. The molecule has 0 unspecified atom stereocenters. The highest BCUT2D eigenvalue weighted by Gasteiger charge is 2.24. The molecule has 2 fully saturated rings. The molecular weight excluding hydrogens is 371 g/mol. The van der Waals surface area contributed by atoms with Crippen molar-refractivity contribution in [1.82, 2.24) is 9.97 Å². The Hall–Kier alpha value is -1.56. The molecule has 4 rings (SSSR count). The molecule has 7 heteroatoms. The van der Waals surface area contributed by atoms with Crippen molar-refractivity contribution in [2.45, 2.75) is 25.4 Å². The van der Waals surface area contributed by atoms with Gasteiger partial charge in [0.25, 0.3) is 0 Å². The van der Waals surface area contributed by atoms with E-state index in [2.05, 4.69) is 25.8 Å². The fourth-order valence-electron chi connectivity index (χ4n) is 3.58. The number of hydrogen-bond donors (Lipinski definition) is 0.